The average Bonchev–Trinajstić information content (AvgIpc) is 3.94. The Morgan fingerprint density at radius 2 is 1.27 bits per heavy atom. The summed E-state index contributed by atoms with van der Waals surface area (Å²) in [5.74, 6) is 1.40. The summed E-state index contributed by atoms with van der Waals surface area (Å²) in [4.78, 5) is 15.3. The molecule has 0 bridgehead atoms. The summed E-state index contributed by atoms with van der Waals surface area (Å²) in [6.07, 6.45) is 3.43. The van der Waals surface area contributed by atoms with Gasteiger partial charge in [0.05, 0.1) is 0 Å². The molecule has 1 unspecified atom stereocenters. The van der Waals surface area contributed by atoms with Crippen LogP contribution in [0.4, 0.5) is 0 Å². The van der Waals surface area contributed by atoms with E-state index in [1.54, 1.807) is 11.3 Å². The number of nitrogens with one attached hydrogen (secondary N) is 1. The molecule has 7 aromatic carbocycles. The monoisotopic (exact) mass is 724 g/mol. The van der Waals surface area contributed by atoms with E-state index in [4.69, 9.17) is 23.8 Å². The molecule has 1 N–H and O–H groups in total. The van der Waals surface area contributed by atoms with Crippen molar-refractivity contribution in [2.75, 3.05) is 0 Å². The Balaban J connectivity index is 1.05. The van der Waals surface area contributed by atoms with Gasteiger partial charge in [-0.15, -0.1) is 11.3 Å². The largest absolute Gasteiger partial charge is 0.456 e. The topological polar surface area (TPSA) is 75.9 Å². The molecule has 0 radical (unpaired) electrons. The molecule has 0 saturated heterocycles. The number of nitrogens with zero attached hydrogens (tertiary/aromatic N) is 3. The number of aliphatic imine (C=N–C) groups is 2. The van der Waals surface area contributed by atoms with Crippen LogP contribution in [0.5, 0.6) is 0 Å². The van der Waals surface area contributed by atoms with Gasteiger partial charge in [-0.3, -0.25) is 4.98 Å². The second-order valence-electron chi connectivity index (χ2n) is 14.0. The number of thiophene rings is 1. The van der Waals surface area contributed by atoms with Gasteiger partial charge in [0.15, 0.2) is 5.84 Å². The van der Waals surface area contributed by atoms with E-state index < -0.39 is 0 Å². The summed E-state index contributed by atoms with van der Waals surface area (Å²) in [6, 6.07) is 50.4. The van der Waals surface area contributed by atoms with E-state index in [0.29, 0.717) is 5.84 Å². The molecule has 1 atom stereocenters. The Hall–Kier alpha value is -7.09. The molecule has 55 heavy (non-hydrogen) atoms. The lowest BCUT2D eigenvalue weighted by molar-refractivity contribution is 0.668. The van der Waals surface area contributed by atoms with Crippen molar-refractivity contribution in [1.29, 1.82) is 0 Å². The van der Waals surface area contributed by atoms with Crippen LogP contribution in [0.2, 0.25) is 0 Å². The molecule has 258 valence electrons. The molecule has 0 saturated carbocycles. The van der Waals surface area contributed by atoms with Crippen LogP contribution in [0.25, 0.3) is 85.9 Å². The Bertz CT molecular complexity index is 3430. The van der Waals surface area contributed by atoms with Gasteiger partial charge in [0.2, 0.25) is 0 Å². The van der Waals surface area contributed by atoms with Crippen LogP contribution in [0.15, 0.2) is 177 Å². The highest BCUT2D eigenvalue weighted by Gasteiger charge is 2.27. The van der Waals surface area contributed by atoms with Crippen LogP contribution in [0.3, 0.4) is 0 Å². The van der Waals surface area contributed by atoms with E-state index in [-0.39, 0.29) is 6.17 Å². The van der Waals surface area contributed by atoms with Crippen molar-refractivity contribution >= 4 is 97.8 Å². The van der Waals surface area contributed by atoms with E-state index in [2.05, 4.69) is 108 Å². The SMILES string of the molecule is c1ccc(C2=NC(c3cccc4c3sc3ccccc34)NC(c3cccc4oc5c(-c6cccc7oc8cc9ccccc9cc8c67)cncc5c34)=N2)cc1. The molecule has 4 aromatic heterocycles. The maximum atomic E-state index is 6.81. The van der Waals surface area contributed by atoms with Crippen molar-refractivity contribution in [3.8, 4) is 11.1 Å². The first kappa shape index (κ1) is 30.4. The molecule has 6 nitrogen and oxygen atoms in total. The second kappa shape index (κ2) is 11.7. The molecule has 5 heterocycles. The van der Waals surface area contributed by atoms with Gasteiger partial charge in [0, 0.05) is 76.4 Å². The summed E-state index contributed by atoms with van der Waals surface area (Å²) >= 11 is 1.80. The minimum absolute atomic E-state index is 0.371. The van der Waals surface area contributed by atoms with Crippen molar-refractivity contribution in [3.05, 3.63) is 175 Å². The smallest absolute Gasteiger partial charge is 0.159 e. The van der Waals surface area contributed by atoms with Crippen molar-refractivity contribution in [2.24, 2.45) is 9.98 Å². The van der Waals surface area contributed by atoms with Gasteiger partial charge in [-0.2, -0.15) is 0 Å². The number of rotatable bonds is 4. The molecule has 7 heteroatoms. The highest BCUT2D eigenvalue weighted by molar-refractivity contribution is 7.26. The number of aromatic nitrogens is 1. The Labute approximate surface area is 317 Å². The number of hydrogen-bond acceptors (Lipinski definition) is 7. The molecular formula is C48H28N4O2S. The van der Waals surface area contributed by atoms with Gasteiger partial charge in [-0.25, -0.2) is 9.98 Å². The van der Waals surface area contributed by atoms with E-state index in [1.807, 2.05) is 54.9 Å². The quantitative estimate of drug-likeness (QED) is 0.196. The first-order valence-electron chi connectivity index (χ1n) is 18.3. The number of benzene rings is 7. The highest BCUT2D eigenvalue weighted by Crippen LogP contribution is 2.43. The summed E-state index contributed by atoms with van der Waals surface area (Å²) in [5, 5.41) is 12.5. The number of amidine groups is 2. The molecule has 0 fully saturated rings. The van der Waals surface area contributed by atoms with Gasteiger partial charge in [0.25, 0.3) is 0 Å². The zero-order chi connectivity index (χ0) is 36.0. The minimum atomic E-state index is -0.371. The standard InChI is InChI=1S/C48H28N4O2S/c1-2-11-27(12-3-1)46-50-47(52-48(51-46)34-19-8-17-32-30-15-6-7-22-41(30)55-45(32)34)33-18-10-21-39-43(33)37-26-49-25-36(44(37)54-39)31-16-9-20-38-42(31)35-23-28-13-4-5-14-29(28)24-40(35)53-38/h1-26,48H,(H,50,51,52). The first-order valence-corrected chi connectivity index (χ1v) is 19.1. The molecule has 1 aliphatic rings. The van der Waals surface area contributed by atoms with E-state index in [9.17, 15) is 0 Å². The maximum Gasteiger partial charge on any atom is 0.159 e. The average molecular weight is 725 g/mol. The minimum Gasteiger partial charge on any atom is -0.456 e. The van der Waals surface area contributed by atoms with Crippen molar-refractivity contribution in [1.82, 2.24) is 10.3 Å². The van der Waals surface area contributed by atoms with Gasteiger partial charge in [-0.1, -0.05) is 115 Å². The first-order chi connectivity index (χ1) is 27.2. The van der Waals surface area contributed by atoms with Gasteiger partial charge in [-0.05, 0) is 46.7 Å². The molecular weight excluding hydrogens is 697 g/mol. The lowest BCUT2D eigenvalue weighted by atomic mass is 9.97. The zero-order valence-electron chi connectivity index (χ0n) is 29.2. The fourth-order valence-electron chi connectivity index (χ4n) is 8.31. The van der Waals surface area contributed by atoms with Crippen LogP contribution in [-0.4, -0.2) is 16.7 Å². The van der Waals surface area contributed by atoms with Crippen LogP contribution >= 0.6 is 11.3 Å². The number of furan rings is 2. The van der Waals surface area contributed by atoms with Gasteiger partial charge < -0.3 is 14.2 Å². The third-order valence-corrected chi connectivity index (χ3v) is 12.1. The number of pyridine rings is 1. The van der Waals surface area contributed by atoms with Crippen molar-refractivity contribution in [3.63, 3.8) is 0 Å². The predicted molar refractivity (Wildman–Crippen MR) is 226 cm³/mol. The van der Waals surface area contributed by atoms with Crippen molar-refractivity contribution < 1.29 is 8.83 Å². The molecule has 11 aromatic rings. The van der Waals surface area contributed by atoms with Crippen LogP contribution < -0.4 is 5.32 Å². The summed E-state index contributed by atoms with van der Waals surface area (Å²) in [5.41, 5.74) is 8.10. The lowest BCUT2D eigenvalue weighted by Gasteiger charge is -2.24. The zero-order valence-corrected chi connectivity index (χ0v) is 30.0. The lowest BCUT2D eigenvalue weighted by Crippen LogP contribution is -2.33. The van der Waals surface area contributed by atoms with E-state index in [1.165, 1.54) is 25.6 Å². The molecule has 1 aliphatic heterocycles. The number of hydrogen-bond donors (Lipinski definition) is 1. The molecule has 0 spiro atoms. The normalized spacial score (nSPS) is 14.7. The predicted octanol–water partition coefficient (Wildman–Crippen LogP) is 12.6. The Kier molecular flexibility index (Phi) is 6.47. The third kappa shape index (κ3) is 4.63. The summed E-state index contributed by atoms with van der Waals surface area (Å²) < 4.78 is 15.7. The van der Waals surface area contributed by atoms with E-state index in [0.717, 1.165) is 82.9 Å². The molecule has 0 aliphatic carbocycles. The summed E-state index contributed by atoms with van der Waals surface area (Å²) in [7, 11) is 0. The fourth-order valence-corrected chi connectivity index (χ4v) is 9.55. The number of fused-ring (bicyclic) bond motifs is 10. The maximum absolute atomic E-state index is 6.81. The second-order valence-corrected chi connectivity index (χ2v) is 15.0. The molecule has 0 amide bonds. The van der Waals surface area contributed by atoms with Crippen LogP contribution in [0, 0.1) is 0 Å². The third-order valence-electron chi connectivity index (χ3n) is 10.8. The van der Waals surface area contributed by atoms with Gasteiger partial charge in [0.1, 0.15) is 34.3 Å². The Morgan fingerprint density at radius 3 is 2.16 bits per heavy atom. The van der Waals surface area contributed by atoms with E-state index >= 15 is 0 Å². The van der Waals surface area contributed by atoms with Crippen LogP contribution in [0.1, 0.15) is 22.9 Å². The highest BCUT2D eigenvalue weighted by atomic mass is 32.1. The fraction of sp³-hybridized carbons (Fsp3) is 0.0208. The molecule has 12 rings (SSSR count). The van der Waals surface area contributed by atoms with Crippen molar-refractivity contribution in [2.45, 2.75) is 6.17 Å². The van der Waals surface area contributed by atoms with Gasteiger partial charge >= 0.3 is 0 Å². The Morgan fingerprint density at radius 1 is 0.545 bits per heavy atom. The van der Waals surface area contributed by atoms with Crippen LogP contribution in [-0.2, 0) is 0 Å². The summed E-state index contributed by atoms with van der Waals surface area (Å²) in [6.45, 7) is 0.